The van der Waals surface area contributed by atoms with E-state index in [0.717, 1.165) is 46.0 Å². The van der Waals surface area contributed by atoms with E-state index in [9.17, 15) is 0 Å². The highest BCUT2D eigenvalue weighted by molar-refractivity contribution is 6.05. The standard InChI is InChI=1S/C39H28N2O/c1-3-9-27(10-4-1)29-18-21-33(22-19-29)41(36-14-7-15-37-38(36)35-13-8-24-40-39(35)42-37)34-23-20-31-25-30(16-17-32(31)26-34)28-11-5-2-6-12-28/h1-23,25-26,40H,24H2. The zero-order valence-electron chi connectivity index (χ0n) is 23.0. The predicted octanol–water partition coefficient (Wildman–Crippen LogP) is 10.8. The van der Waals surface area contributed by atoms with E-state index >= 15 is 0 Å². The Bertz CT molecular complexity index is 2070. The summed E-state index contributed by atoms with van der Waals surface area (Å²) >= 11 is 0. The number of benzene rings is 6. The normalized spacial score (nSPS) is 12.3. The van der Waals surface area contributed by atoms with Crippen molar-refractivity contribution in [2.75, 3.05) is 16.8 Å². The molecule has 0 bridgehead atoms. The summed E-state index contributed by atoms with van der Waals surface area (Å²) in [5.74, 6) is 0.825. The first-order valence-corrected chi connectivity index (χ1v) is 14.3. The molecule has 0 unspecified atom stereocenters. The van der Waals surface area contributed by atoms with E-state index < -0.39 is 0 Å². The highest BCUT2D eigenvalue weighted by atomic mass is 16.3. The molecule has 3 heteroatoms. The fourth-order valence-electron chi connectivity index (χ4n) is 6.00. The number of anilines is 4. The van der Waals surface area contributed by atoms with E-state index in [2.05, 4.69) is 162 Å². The van der Waals surface area contributed by atoms with Crippen LogP contribution in [0.3, 0.4) is 0 Å². The molecular weight excluding hydrogens is 512 g/mol. The zero-order valence-corrected chi connectivity index (χ0v) is 23.0. The minimum atomic E-state index is 0.766. The fourth-order valence-corrected chi connectivity index (χ4v) is 6.00. The van der Waals surface area contributed by atoms with E-state index in [-0.39, 0.29) is 0 Å². The molecule has 6 aromatic carbocycles. The molecule has 1 N–H and O–H groups in total. The molecule has 3 nitrogen and oxygen atoms in total. The Labute approximate surface area is 245 Å². The fraction of sp³-hybridized carbons (Fsp3) is 0.0256. The summed E-state index contributed by atoms with van der Waals surface area (Å²) in [6.45, 7) is 0.766. The Kier molecular flexibility index (Phi) is 5.86. The van der Waals surface area contributed by atoms with Gasteiger partial charge in [0.25, 0.3) is 0 Å². The average Bonchev–Trinajstić information content (AvgIpc) is 3.45. The first-order valence-electron chi connectivity index (χ1n) is 14.3. The zero-order chi connectivity index (χ0) is 27.9. The smallest absolute Gasteiger partial charge is 0.201 e. The van der Waals surface area contributed by atoms with Crippen LogP contribution in [0.2, 0.25) is 0 Å². The summed E-state index contributed by atoms with van der Waals surface area (Å²) in [7, 11) is 0. The molecule has 1 aliphatic heterocycles. The number of nitrogens with one attached hydrogen (secondary N) is 1. The predicted molar refractivity (Wildman–Crippen MR) is 177 cm³/mol. The molecule has 0 spiro atoms. The topological polar surface area (TPSA) is 28.4 Å². The van der Waals surface area contributed by atoms with Crippen LogP contribution in [0.15, 0.2) is 150 Å². The maximum atomic E-state index is 6.27. The largest absolute Gasteiger partial charge is 0.440 e. The third-order valence-corrected chi connectivity index (χ3v) is 8.06. The van der Waals surface area contributed by atoms with Crippen LogP contribution in [0.4, 0.5) is 22.9 Å². The number of nitrogens with zero attached hydrogens (tertiary/aromatic N) is 1. The van der Waals surface area contributed by atoms with Crippen LogP contribution in [-0.2, 0) is 0 Å². The van der Waals surface area contributed by atoms with Gasteiger partial charge in [0, 0.05) is 23.5 Å². The second kappa shape index (κ2) is 10.1. The van der Waals surface area contributed by atoms with Gasteiger partial charge in [-0.3, -0.25) is 0 Å². The van der Waals surface area contributed by atoms with Gasteiger partial charge in [-0.1, -0.05) is 109 Å². The van der Waals surface area contributed by atoms with Crippen molar-refractivity contribution in [2.24, 2.45) is 0 Å². The van der Waals surface area contributed by atoms with Crippen molar-refractivity contribution < 1.29 is 4.42 Å². The Morgan fingerprint density at radius 3 is 1.98 bits per heavy atom. The molecule has 0 atom stereocenters. The molecule has 1 aromatic heterocycles. The van der Waals surface area contributed by atoms with Gasteiger partial charge in [0.05, 0.1) is 11.1 Å². The Morgan fingerprint density at radius 2 is 1.19 bits per heavy atom. The number of rotatable bonds is 5. The number of hydrogen-bond acceptors (Lipinski definition) is 3. The van der Waals surface area contributed by atoms with Gasteiger partial charge in [-0.2, -0.15) is 0 Å². The molecular formula is C39H28N2O. The molecule has 8 rings (SSSR count). The molecule has 2 heterocycles. The third kappa shape index (κ3) is 4.23. The molecule has 1 aliphatic rings. The SMILES string of the molecule is C1=Cc2c(oc3cccc(N(c4ccc(-c5ccccc5)cc4)c4ccc5cc(-c6ccccc6)ccc5c4)c23)NC1. The van der Waals surface area contributed by atoms with Crippen molar-refractivity contribution in [3.63, 3.8) is 0 Å². The van der Waals surface area contributed by atoms with Crippen LogP contribution < -0.4 is 10.2 Å². The van der Waals surface area contributed by atoms with Gasteiger partial charge in [0.15, 0.2) is 0 Å². The molecule has 0 aliphatic carbocycles. The Hall–Kier alpha value is -5.54. The van der Waals surface area contributed by atoms with Crippen LogP contribution in [0.25, 0.3) is 50.1 Å². The van der Waals surface area contributed by atoms with Crippen LogP contribution in [-0.4, -0.2) is 6.54 Å². The molecule has 0 fully saturated rings. The van der Waals surface area contributed by atoms with Gasteiger partial charge < -0.3 is 14.6 Å². The lowest BCUT2D eigenvalue weighted by Gasteiger charge is -2.27. The first-order chi connectivity index (χ1) is 20.8. The van der Waals surface area contributed by atoms with Crippen LogP contribution in [0.1, 0.15) is 5.56 Å². The summed E-state index contributed by atoms with van der Waals surface area (Å²) in [6, 6.07) is 49.7. The summed E-state index contributed by atoms with van der Waals surface area (Å²) in [5.41, 5.74) is 10.1. The van der Waals surface area contributed by atoms with Crippen molar-refractivity contribution in [3.8, 4) is 22.3 Å². The maximum Gasteiger partial charge on any atom is 0.201 e. The van der Waals surface area contributed by atoms with Crippen molar-refractivity contribution in [2.45, 2.75) is 0 Å². The van der Waals surface area contributed by atoms with Gasteiger partial charge in [0.2, 0.25) is 5.88 Å². The molecule has 0 radical (unpaired) electrons. The van der Waals surface area contributed by atoms with E-state index in [1.165, 1.54) is 33.0 Å². The third-order valence-electron chi connectivity index (χ3n) is 8.06. The van der Waals surface area contributed by atoms with Crippen LogP contribution in [0, 0.1) is 0 Å². The molecule has 42 heavy (non-hydrogen) atoms. The average molecular weight is 541 g/mol. The molecule has 0 saturated heterocycles. The molecule has 7 aromatic rings. The van der Waals surface area contributed by atoms with Gasteiger partial charge in [0.1, 0.15) is 5.58 Å². The lowest BCUT2D eigenvalue weighted by molar-refractivity contribution is 0.628. The van der Waals surface area contributed by atoms with Crippen molar-refractivity contribution in [1.29, 1.82) is 0 Å². The quantitative estimate of drug-likeness (QED) is 0.235. The number of hydrogen-bond donors (Lipinski definition) is 1. The summed E-state index contributed by atoms with van der Waals surface area (Å²) in [6.07, 6.45) is 4.32. The summed E-state index contributed by atoms with van der Waals surface area (Å²) in [5, 5.41) is 6.90. The summed E-state index contributed by atoms with van der Waals surface area (Å²) < 4.78 is 6.27. The van der Waals surface area contributed by atoms with Gasteiger partial charge in [-0.05, 0) is 75.5 Å². The van der Waals surface area contributed by atoms with E-state index in [1.807, 2.05) is 0 Å². The monoisotopic (exact) mass is 540 g/mol. The Balaban J connectivity index is 1.29. The number of furan rings is 1. The lowest BCUT2D eigenvalue weighted by Crippen LogP contribution is -2.11. The molecule has 0 saturated carbocycles. The van der Waals surface area contributed by atoms with Crippen molar-refractivity contribution in [1.82, 2.24) is 0 Å². The lowest BCUT2D eigenvalue weighted by atomic mass is 10.00. The van der Waals surface area contributed by atoms with Crippen LogP contribution in [0.5, 0.6) is 0 Å². The second-order valence-electron chi connectivity index (χ2n) is 10.6. The summed E-state index contributed by atoms with van der Waals surface area (Å²) in [4.78, 5) is 2.35. The Morgan fingerprint density at radius 1 is 0.548 bits per heavy atom. The molecule has 0 amide bonds. The van der Waals surface area contributed by atoms with Crippen molar-refractivity contribution >= 4 is 50.8 Å². The minimum absolute atomic E-state index is 0.766. The van der Waals surface area contributed by atoms with Gasteiger partial charge in [-0.15, -0.1) is 0 Å². The minimum Gasteiger partial charge on any atom is -0.440 e. The van der Waals surface area contributed by atoms with E-state index in [4.69, 9.17) is 4.42 Å². The van der Waals surface area contributed by atoms with Gasteiger partial charge in [-0.25, -0.2) is 0 Å². The molecule has 200 valence electrons. The highest BCUT2D eigenvalue weighted by Gasteiger charge is 2.22. The van der Waals surface area contributed by atoms with E-state index in [1.54, 1.807) is 0 Å². The van der Waals surface area contributed by atoms with E-state index in [0.29, 0.717) is 0 Å². The van der Waals surface area contributed by atoms with Crippen molar-refractivity contribution in [3.05, 3.63) is 151 Å². The second-order valence-corrected chi connectivity index (χ2v) is 10.6. The maximum absolute atomic E-state index is 6.27. The van der Waals surface area contributed by atoms with Gasteiger partial charge >= 0.3 is 0 Å². The highest BCUT2D eigenvalue weighted by Crippen LogP contribution is 2.45. The number of fused-ring (bicyclic) bond motifs is 4. The first kappa shape index (κ1) is 24.3. The van der Waals surface area contributed by atoms with Crippen LogP contribution >= 0.6 is 0 Å².